The van der Waals surface area contributed by atoms with Crippen molar-refractivity contribution in [3.63, 3.8) is 0 Å². The summed E-state index contributed by atoms with van der Waals surface area (Å²) in [5, 5.41) is 11.3. The molecule has 1 atom stereocenters. The fraction of sp³-hybridized carbons (Fsp3) is 0.389. The number of carbonyl (C=O) groups is 1. The van der Waals surface area contributed by atoms with Crippen LogP contribution < -0.4 is 5.32 Å². The molecule has 1 aromatic carbocycles. The van der Waals surface area contributed by atoms with Crippen molar-refractivity contribution >= 4 is 28.3 Å². The first-order chi connectivity index (χ1) is 12.3. The van der Waals surface area contributed by atoms with Crippen LogP contribution in [0, 0.1) is 0 Å². The number of aryl methyl sites for hydroxylation is 1. The highest BCUT2D eigenvalue weighted by Gasteiger charge is 2.20. The minimum atomic E-state index is -0.0160. The van der Waals surface area contributed by atoms with E-state index >= 15 is 0 Å². The molecule has 1 aliphatic rings. The van der Waals surface area contributed by atoms with Crippen LogP contribution in [0.25, 0.3) is 11.0 Å². The van der Waals surface area contributed by atoms with Crippen molar-refractivity contribution < 1.29 is 9.53 Å². The Kier molecular flexibility index (Phi) is 4.76. The maximum atomic E-state index is 12.3. The van der Waals surface area contributed by atoms with Gasteiger partial charge < -0.3 is 10.1 Å². The molecule has 7 heteroatoms. The molecule has 1 aliphatic heterocycles. The van der Waals surface area contributed by atoms with E-state index in [9.17, 15) is 4.79 Å². The predicted molar refractivity (Wildman–Crippen MR) is 96.7 cm³/mol. The van der Waals surface area contributed by atoms with Crippen molar-refractivity contribution in [2.45, 2.75) is 31.9 Å². The fourth-order valence-electron chi connectivity index (χ4n) is 3.05. The monoisotopic (exact) mass is 356 g/mol. The van der Waals surface area contributed by atoms with Crippen molar-refractivity contribution in [3.8, 4) is 0 Å². The van der Waals surface area contributed by atoms with Gasteiger partial charge in [-0.1, -0.05) is 17.3 Å². The third kappa shape index (κ3) is 3.57. The number of nitrogens with one attached hydrogen (secondary N) is 1. The molecule has 0 spiro atoms. The maximum absolute atomic E-state index is 12.3. The molecule has 1 unspecified atom stereocenters. The van der Waals surface area contributed by atoms with Crippen molar-refractivity contribution in [2.75, 3.05) is 13.2 Å². The number of nitrogens with zero attached hydrogens (tertiary/aromatic N) is 3. The standard InChI is InChI=1S/C18H20N4O2S/c23-18(17-9-8-16(25-17)15-7-3-12-24-15)19-10-4-11-22-14-6-2-1-5-13(14)20-21-22/h1-2,5-6,8-9,15H,3-4,7,10-12H2,(H,19,23). The van der Waals surface area contributed by atoms with Crippen molar-refractivity contribution in [3.05, 3.63) is 46.2 Å². The summed E-state index contributed by atoms with van der Waals surface area (Å²) in [6.07, 6.45) is 3.13. The van der Waals surface area contributed by atoms with Crippen molar-refractivity contribution in [1.29, 1.82) is 0 Å². The smallest absolute Gasteiger partial charge is 0.261 e. The predicted octanol–water partition coefficient (Wildman–Crippen LogP) is 3.16. The second kappa shape index (κ2) is 7.33. The average Bonchev–Trinajstić information content (AvgIpc) is 3.38. The van der Waals surface area contributed by atoms with Crippen LogP contribution in [0.2, 0.25) is 0 Å². The quantitative estimate of drug-likeness (QED) is 0.689. The summed E-state index contributed by atoms with van der Waals surface area (Å²) in [5.41, 5.74) is 1.92. The van der Waals surface area contributed by atoms with Gasteiger partial charge in [-0.15, -0.1) is 16.4 Å². The van der Waals surface area contributed by atoms with Crippen LogP contribution in [0.3, 0.4) is 0 Å². The van der Waals surface area contributed by atoms with Gasteiger partial charge in [0.05, 0.1) is 16.5 Å². The van der Waals surface area contributed by atoms with Gasteiger partial charge in [-0.3, -0.25) is 4.79 Å². The molecule has 1 saturated heterocycles. The summed E-state index contributed by atoms with van der Waals surface area (Å²) in [6.45, 7) is 2.16. The second-order valence-electron chi connectivity index (χ2n) is 6.11. The van der Waals surface area contributed by atoms with E-state index in [1.54, 1.807) is 0 Å². The van der Waals surface area contributed by atoms with Gasteiger partial charge in [0.15, 0.2) is 0 Å². The van der Waals surface area contributed by atoms with Gasteiger partial charge in [0.2, 0.25) is 0 Å². The number of aromatic nitrogens is 3. The molecule has 3 heterocycles. The van der Waals surface area contributed by atoms with E-state index in [-0.39, 0.29) is 12.0 Å². The van der Waals surface area contributed by atoms with E-state index in [0.717, 1.165) is 53.2 Å². The number of amides is 1. The Morgan fingerprint density at radius 3 is 3.12 bits per heavy atom. The van der Waals surface area contributed by atoms with Crippen LogP contribution in [-0.2, 0) is 11.3 Å². The number of thiophene rings is 1. The first-order valence-electron chi connectivity index (χ1n) is 8.59. The van der Waals surface area contributed by atoms with Gasteiger partial charge in [0.1, 0.15) is 5.52 Å². The zero-order valence-electron chi connectivity index (χ0n) is 13.9. The molecular weight excluding hydrogens is 336 g/mol. The highest BCUT2D eigenvalue weighted by molar-refractivity contribution is 7.14. The van der Waals surface area contributed by atoms with Crippen LogP contribution >= 0.6 is 11.3 Å². The topological polar surface area (TPSA) is 69.0 Å². The van der Waals surface area contributed by atoms with Crippen molar-refractivity contribution in [2.24, 2.45) is 0 Å². The molecule has 1 fully saturated rings. The van der Waals surface area contributed by atoms with Gasteiger partial charge in [-0.2, -0.15) is 0 Å². The molecule has 3 aromatic rings. The summed E-state index contributed by atoms with van der Waals surface area (Å²) in [4.78, 5) is 14.2. The number of carbonyl (C=O) groups excluding carboxylic acids is 1. The third-order valence-electron chi connectivity index (χ3n) is 4.35. The van der Waals surface area contributed by atoms with E-state index in [1.807, 2.05) is 41.1 Å². The number of rotatable bonds is 6. The zero-order chi connectivity index (χ0) is 17.1. The Morgan fingerprint density at radius 1 is 1.32 bits per heavy atom. The molecule has 0 radical (unpaired) electrons. The molecular formula is C18H20N4O2S. The van der Waals surface area contributed by atoms with E-state index in [1.165, 1.54) is 11.3 Å². The number of fused-ring (bicyclic) bond motifs is 1. The SMILES string of the molecule is O=C(NCCCn1nnc2ccccc21)c1ccc(C2CCCO2)s1. The molecule has 6 nitrogen and oxygen atoms in total. The molecule has 1 amide bonds. The lowest BCUT2D eigenvalue weighted by molar-refractivity contribution is 0.0956. The molecule has 25 heavy (non-hydrogen) atoms. The number of hydrogen-bond acceptors (Lipinski definition) is 5. The highest BCUT2D eigenvalue weighted by atomic mass is 32.1. The largest absolute Gasteiger partial charge is 0.373 e. The molecule has 4 rings (SSSR count). The van der Waals surface area contributed by atoms with Gasteiger partial charge >= 0.3 is 0 Å². The maximum Gasteiger partial charge on any atom is 0.261 e. The number of ether oxygens (including phenoxy) is 1. The Bertz CT molecular complexity index is 867. The van der Waals surface area contributed by atoms with Crippen molar-refractivity contribution in [1.82, 2.24) is 20.3 Å². The zero-order valence-corrected chi connectivity index (χ0v) is 14.7. The summed E-state index contributed by atoms with van der Waals surface area (Å²) in [6, 6.07) is 11.8. The van der Waals surface area contributed by atoms with E-state index < -0.39 is 0 Å². The number of benzene rings is 1. The minimum absolute atomic E-state index is 0.0160. The minimum Gasteiger partial charge on any atom is -0.373 e. The molecule has 1 N–H and O–H groups in total. The Morgan fingerprint density at radius 2 is 2.24 bits per heavy atom. The fourth-order valence-corrected chi connectivity index (χ4v) is 4.06. The lowest BCUT2D eigenvalue weighted by atomic mass is 10.2. The summed E-state index contributed by atoms with van der Waals surface area (Å²) < 4.78 is 7.55. The second-order valence-corrected chi connectivity index (χ2v) is 7.23. The summed E-state index contributed by atoms with van der Waals surface area (Å²) >= 11 is 1.53. The van der Waals surface area contributed by atoms with E-state index in [2.05, 4.69) is 15.6 Å². The highest BCUT2D eigenvalue weighted by Crippen LogP contribution is 2.33. The normalized spacial score (nSPS) is 17.2. The van der Waals surface area contributed by atoms with Crippen LogP contribution in [0.4, 0.5) is 0 Å². The molecule has 0 saturated carbocycles. The van der Waals surface area contributed by atoms with Crippen LogP contribution in [0.15, 0.2) is 36.4 Å². The van der Waals surface area contributed by atoms with Crippen LogP contribution in [-0.4, -0.2) is 34.1 Å². The van der Waals surface area contributed by atoms with Gasteiger partial charge in [-0.05, 0) is 43.5 Å². The van der Waals surface area contributed by atoms with Gasteiger partial charge in [0.25, 0.3) is 5.91 Å². The van der Waals surface area contributed by atoms with Crippen LogP contribution in [0.1, 0.15) is 39.9 Å². The third-order valence-corrected chi connectivity index (χ3v) is 5.53. The molecule has 130 valence electrons. The van der Waals surface area contributed by atoms with E-state index in [0.29, 0.717) is 6.54 Å². The first-order valence-corrected chi connectivity index (χ1v) is 9.41. The average molecular weight is 356 g/mol. The molecule has 0 bridgehead atoms. The Hall–Kier alpha value is -2.25. The summed E-state index contributed by atoms with van der Waals surface area (Å²) in [5.74, 6) is -0.0160. The van der Waals surface area contributed by atoms with E-state index in [4.69, 9.17) is 4.74 Å². The Balaban J connectivity index is 1.27. The Labute approximate surface area is 149 Å². The molecule has 0 aliphatic carbocycles. The molecule has 2 aromatic heterocycles. The first kappa shape index (κ1) is 16.2. The number of para-hydroxylation sites is 1. The lowest BCUT2D eigenvalue weighted by Crippen LogP contribution is -2.24. The lowest BCUT2D eigenvalue weighted by Gasteiger charge is -2.06. The van der Waals surface area contributed by atoms with Gasteiger partial charge in [-0.25, -0.2) is 4.68 Å². The van der Waals surface area contributed by atoms with Crippen LogP contribution in [0.5, 0.6) is 0 Å². The summed E-state index contributed by atoms with van der Waals surface area (Å²) in [7, 11) is 0. The van der Waals surface area contributed by atoms with Gasteiger partial charge in [0, 0.05) is 24.6 Å². The number of hydrogen-bond donors (Lipinski definition) is 1.